The fraction of sp³-hybridized carbons (Fsp3) is 0.706. The first-order valence-corrected chi connectivity index (χ1v) is 24.5. The molecule has 0 unspecified atom stereocenters. The van der Waals surface area contributed by atoms with Crippen LogP contribution in [-0.2, 0) is 19.9 Å². The van der Waals surface area contributed by atoms with Crippen molar-refractivity contribution in [2.75, 3.05) is 52.9 Å². The molecule has 346 valence electrons. The van der Waals surface area contributed by atoms with Gasteiger partial charge in [-0.15, -0.1) is 0 Å². The fourth-order valence-corrected chi connectivity index (χ4v) is 8.92. The molecule has 1 saturated heterocycles. The van der Waals surface area contributed by atoms with E-state index in [4.69, 9.17) is 16.3 Å². The Bertz CT molecular complexity index is 1440. The third-order valence-electron chi connectivity index (χ3n) is 12.7. The van der Waals surface area contributed by atoms with Gasteiger partial charge >= 0.3 is 5.97 Å². The van der Waals surface area contributed by atoms with Crippen molar-refractivity contribution >= 4 is 29.3 Å². The Hall–Kier alpha value is -2.52. The molecule has 2 aromatic carbocycles. The fourth-order valence-electron chi connectivity index (χ4n) is 8.79. The number of halogens is 3. The first-order valence-electron chi connectivity index (χ1n) is 24.2. The molecule has 10 heteroatoms. The zero-order chi connectivity index (χ0) is 43.3. The van der Waals surface area contributed by atoms with E-state index in [-0.39, 0.29) is 48.8 Å². The van der Waals surface area contributed by atoms with E-state index >= 15 is 0 Å². The summed E-state index contributed by atoms with van der Waals surface area (Å²) < 4.78 is 20.4. The molecule has 0 spiro atoms. The van der Waals surface area contributed by atoms with Crippen LogP contribution in [0.15, 0.2) is 48.5 Å². The first kappa shape index (κ1) is 54.6. The monoisotopic (exact) mass is 890 g/mol. The van der Waals surface area contributed by atoms with Crippen molar-refractivity contribution < 1.29 is 40.4 Å². The van der Waals surface area contributed by atoms with Crippen molar-refractivity contribution in [2.45, 2.75) is 180 Å². The molecule has 2 aromatic rings. The molecule has 0 radical (unpaired) electrons. The molecule has 1 N–H and O–H groups in total. The summed E-state index contributed by atoms with van der Waals surface area (Å²) in [5, 5.41) is 3.69. The second-order valence-electron chi connectivity index (χ2n) is 18.0. The Morgan fingerprint density at radius 3 is 1.66 bits per heavy atom. The number of hydrogen-bond donors (Lipinski definition) is 1. The molecule has 0 bridgehead atoms. The minimum absolute atomic E-state index is 0. The summed E-state index contributed by atoms with van der Waals surface area (Å²) in [7, 11) is 2.25. The standard InChI is InChI=1S/C51H81ClFN3O4.ClH/c1-4-6-8-10-12-14-16-18-20-22-41-56(3,42-23-21-19-17-15-13-11-9-7-5-2)43-49(58)54-37-34-50(59)60-51(45-28-30-46(52)31-29-45)35-39-55(40-36-51)38-24-25-48(57)44-26-32-47(53)33-27-44;/h26-33H,4-25,34-43H2,1-3H3;1H. The van der Waals surface area contributed by atoms with Crippen LogP contribution in [0.3, 0.4) is 0 Å². The molecule has 1 aliphatic heterocycles. The molecule has 3 rings (SSSR count). The lowest BCUT2D eigenvalue weighted by Crippen LogP contribution is -3.00. The van der Waals surface area contributed by atoms with Crippen molar-refractivity contribution in [1.29, 1.82) is 0 Å². The molecular formula is C51H82Cl2FN3O4. The molecule has 61 heavy (non-hydrogen) atoms. The van der Waals surface area contributed by atoms with Gasteiger partial charge in [-0.2, -0.15) is 0 Å². The number of carbonyl (C=O) groups is 3. The third-order valence-corrected chi connectivity index (χ3v) is 12.9. The van der Waals surface area contributed by atoms with Crippen LogP contribution < -0.4 is 17.7 Å². The average molecular weight is 891 g/mol. The average Bonchev–Trinajstić information content (AvgIpc) is 3.23. The Morgan fingerprint density at radius 2 is 1.16 bits per heavy atom. The van der Waals surface area contributed by atoms with E-state index in [9.17, 15) is 18.8 Å². The van der Waals surface area contributed by atoms with Crippen LogP contribution in [0.4, 0.5) is 4.39 Å². The van der Waals surface area contributed by atoms with Crippen molar-refractivity contribution in [1.82, 2.24) is 10.2 Å². The summed E-state index contributed by atoms with van der Waals surface area (Å²) in [6.45, 7) is 9.42. The maximum Gasteiger partial charge on any atom is 0.308 e. The van der Waals surface area contributed by atoms with Gasteiger partial charge < -0.3 is 31.8 Å². The number of Topliss-reactive ketones (excluding diaryl/α,β-unsaturated/α-hetero) is 1. The first-order chi connectivity index (χ1) is 29.1. The molecule has 1 heterocycles. The highest BCUT2D eigenvalue weighted by Gasteiger charge is 2.40. The summed E-state index contributed by atoms with van der Waals surface area (Å²) in [6.07, 6.45) is 28.5. The number of hydrogen-bond acceptors (Lipinski definition) is 5. The number of nitrogens with one attached hydrogen (secondary N) is 1. The molecule has 1 aliphatic rings. The van der Waals surface area contributed by atoms with Gasteiger partial charge in [-0.05, 0) is 80.6 Å². The number of likely N-dealkylation sites (N-methyl/N-ethyl adjacent to an activating group) is 1. The summed E-state index contributed by atoms with van der Waals surface area (Å²) in [5.41, 5.74) is 0.662. The van der Waals surface area contributed by atoms with E-state index < -0.39 is 5.60 Å². The SMILES string of the molecule is CCCCCCCCCCCC[N+](C)(CCCCCCCCCCCC)CC(=O)NCCC(=O)OC1(c2ccc(Cl)cc2)CCN(CCCC(=O)c2ccc(F)cc2)CC1.[Cl-]. The van der Waals surface area contributed by atoms with Gasteiger partial charge in [0.1, 0.15) is 11.4 Å². The van der Waals surface area contributed by atoms with E-state index in [2.05, 4.69) is 31.1 Å². The van der Waals surface area contributed by atoms with Crippen LogP contribution >= 0.6 is 11.6 Å². The topological polar surface area (TPSA) is 75.7 Å². The summed E-state index contributed by atoms with van der Waals surface area (Å²) in [5.74, 6) is -0.661. The molecule has 0 saturated carbocycles. The number of carbonyl (C=O) groups excluding carboxylic acids is 3. The smallest absolute Gasteiger partial charge is 0.308 e. The number of piperidine rings is 1. The Morgan fingerprint density at radius 1 is 0.689 bits per heavy atom. The second-order valence-corrected chi connectivity index (χ2v) is 18.5. The lowest BCUT2D eigenvalue weighted by atomic mass is 9.84. The lowest BCUT2D eigenvalue weighted by Gasteiger charge is -2.41. The Labute approximate surface area is 381 Å². The highest BCUT2D eigenvalue weighted by Crippen LogP contribution is 2.38. The van der Waals surface area contributed by atoms with Crippen molar-refractivity contribution in [3.63, 3.8) is 0 Å². The quantitative estimate of drug-likeness (QED) is 0.0328. The van der Waals surface area contributed by atoms with Crippen LogP contribution in [-0.4, -0.2) is 79.9 Å². The van der Waals surface area contributed by atoms with Gasteiger partial charge in [-0.25, -0.2) is 4.39 Å². The summed E-state index contributed by atoms with van der Waals surface area (Å²) >= 11 is 6.24. The van der Waals surface area contributed by atoms with E-state index in [1.165, 1.54) is 140 Å². The second kappa shape index (κ2) is 32.2. The predicted octanol–water partition coefficient (Wildman–Crippen LogP) is 9.78. The minimum atomic E-state index is -0.786. The van der Waals surface area contributed by atoms with Crippen molar-refractivity contribution in [3.8, 4) is 0 Å². The van der Waals surface area contributed by atoms with Crippen molar-refractivity contribution in [3.05, 3.63) is 70.5 Å². The maximum atomic E-state index is 13.5. The Balaban J connectivity index is 0.0000128. The number of amides is 1. The summed E-state index contributed by atoms with van der Waals surface area (Å²) in [6, 6.07) is 13.3. The van der Waals surface area contributed by atoms with Gasteiger partial charge in [-0.1, -0.05) is 140 Å². The van der Waals surface area contributed by atoms with Gasteiger partial charge in [0.05, 0.1) is 26.6 Å². The third kappa shape index (κ3) is 23.1. The molecule has 1 fully saturated rings. The van der Waals surface area contributed by atoms with Crippen LogP contribution in [0, 0.1) is 5.82 Å². The zero-order valence-electron chi connectivity index (χ0n) is 38.4. The molecule has 0 atom stereocenters. The molecule has 7 nitrogen and oxygen atoms in total. The largest absolute Gasteiger partial charge is 1.00 e. The number of quaternary nitrogens is 1. The van der Waals surface area contributed by atoms with Crippen LogP contribution in [0.5, 0.6) is 0 Å². The highest BCUT2D eigenvalue weighted by molar-refractivity contribution is 6.30. The number of likely N-dealkylation sites (tertiary alicyclic amines) is 1. The summed E-state index contributed by atoms with van der Waals surface area (Å²) in [4.78, 5) is 41.8. The highest BCUT2D eigenvalue weighted by atomic mass is 35.5. The van der Waals surface area contributed by atoms with Gasteiger partial charge in [0.2, 0.25) is 0 Å². The van der Waals surface area contributed by atoms with Crippen LogP contribution in [0.2, 0.25) is 5.02 Å². The number of benzene rings is 2. The molecule has 0 aliphatic carbocycles. The van der Waals surface area contributed by atoms with E-state index in [0.29, 0.717) is 55.9 Å². The number of unbranched alkanes of at least 4 members (excludes halogenated alkanes) is 18. The van der Waals surface area contributed by atoms with Gasteiger partial charge in [0, 0.05) is 49.5 Å². The van der Waals surface area contributed by atoms with Gasteiger partial charge in [-0.3, -0.25) is 14.4 Å². The number of ketones is 1. The Kier molecular flexibility index (Phi) is 28.8. The predicted molar refractivity (Wildman–Crippen MR) is 247 cm³/mol. The van der Waals surface area contributed by atoms with E-state index in [0.717, 1.165) is 42.5 Å². The molecule has 1 amide bonds. The molecular weight excluding hydrogens is 808 g/mol. The number of nitrogens with zero attached hydrogens (tertiary/aromatic N) is 2. The van der Waals surface area contributed by atoms with Crippen LogP contribution in [0.25, 0.3) is 0 Å². The van der Waals surface area contributed by atoms with E-state index in [1.54, 1.807) is 0 Å². The molecule has 0 aromatic heterocycles. The minimum Gasteiger partial charge on any atom is -1.00 e. The number of ether oxygens (including phenoxy) is 1. The normalized spacial score (nSPS) is 14.0. The lowest BCUT2D eigenvalue weighted by molar-refractivity contribution is -0.902. The number of rotatable bonds is 34. The van der Waals surface area contributed by atoms with E-state index in [1.807, 2.05) is 24.3 Å². The van der Waals surface area contributed by atoms with Gasteiger partial charge in [0.25, 0.3) is 5.91 Å². The maximum absolute atomic E-state index is 13.5. The zero-order valence-corrected chi connectivity index (χ0v) is 39.9. The van der Waals surface area contributed by atoms with Crippen LogP contribution in [0.1, 0.15) is 190 Å². The van der Waals surface area contributed by atoms with Crippen molar-refractivity contribution in [2.24, 2.45) is 0 Å². The van der Waals surface area contributed by atoms with Gasteiger partial charge in [0.15, 0.2) is 12.3 Å². The number of esters is 1.